The van der Waals surface area contributed by atoms with Gasteiger partial charge < -0.3 is 9.47 Å². The molecule has 18 heavy (non-hydrogen) atoms. The minimum atomic E-state index is -0.369. The molecule has 0 spiro atoms. The first-order valence-corrected chi connectivity index (χ1v) is 6.87. The summed E-state index contributed by atoms with van der Waals surface area (Å²) in [4.78, 5) is 10.9. The second kappa shape index (κ2) is 4.88. The molecule has 98 valence electrons. The van der Waals surface area contributed by atoms with Crippen molar-refractivity contribution in [3.05, 3.63) is 24.8 Å². The van der Waals surface area contributed by atoms with Crippen molar-refractivity contribution in [3.63, 3.8) is 0 Å². The van der Waals surface area contributed by atoms with E-state index in [1.54, 1.807) is 0 Å². The van der Waals surface area contributed by atoms with Gasteiger partial charge in [-0.25, -0.2) is 4.79 Å². The molecule has 3 heteroatoms. The summed E-state index contributed by atoms with van der Waals surface area (Å²) in [6, 6.07) is 0. The molecule has 0 amide bonds. The molecular weight excluding hydrogens is 228 g/mol. The van der Waals surface area contributed by atoms with E-state index in [4.69, 9.17) is 9.47 Å². The first-order valence-electron chi connectivity index (χ1n) is 6.87. The number of carbonyl (C=O) groups excluding carboxylic acids is 1. The van der Waals surface area contributed by atoms with Gasteiger partial charge in [0.1, 0.15) is 6.61 Å². The number of hydrogen-bond donors (Lipinski definition) is 0. The SMILES string of the molecule is C=CC(=O)OCCO[C@@H]1C[C@H]2C[C@H]1[C@@H]1CC=C[C@H]21. The molecule has 0 aromatic rings. The van der Waals surface area contributed by atoms with Crippen LogP contribution in [0.15, 0.2) is 24.8 Å². The number of hydrogen-bond acceptors (Lipinski definition) is 3. The minimum Gasteiger partial charge on any atom is -0.460 e. The van der Waals surface area contributed by atoms with Gasteiger partial charge in [-0.05, 0) is 42.9 Å². The van der Waals surface area contributed by atoms with E-state index in [0.717, 1.165) is 23.7 Å². The third-order valence-electron chi connectivity index (χ3n) is 4.77. The predicted octanol–water partition coefficient (Wildman–Crippen LogP) is 2.33. The van der Waals surface area contributed by atoms with Gasteiger partial charge in [-0.2, -0.15) is 0 Å². The van der Waals surface area contributed by atoms with Gasteiger partial charge in [0.05, 0.1) is 12.7 Å². The van der Waals surface area contributed by atoms with E-state index in [-0.39, 0.29) is 5.97 Å². The smallest absolute Gasteiger partial charge is 0.330 e. The highest BCUT2D eigenvalue weighted by molar-refractivity contribution is 5.81. The van der Waals surface area contributed by atoms with Crippen molar-refractivity contribution >= 4 is 5.97 Å². The molecule has 3 aliphatic rings. The lowest BCUT2D eigenvalue weighted by molar-refractivity contribution is -0.140. The Morgan fingerprint density at radius 2 is 2.22 bits per heavy atom. The molecule has 3 aliphatic carbocycles. The van der Waals surface area contributed by atoms with Crippen molar-refractivity contribution in [1.82, 2.24) is 0 Å². The summed E-state index contributed by atoms with van der Waals surface area (Å²) >= 11 is 0. The molecule has 0 heterocycles. The highest BCUT2D eigenvalue weighted by Gasteiger charge is 2.52. The van der Waals surface area contributed by atoms with E-state index in [1.807, 2.05) is 0 Å². The van der Waals surface area contributed by atoms with E-state index < -0.39 is 0 Å². The lowest BCUT2D eigenvalue weighted by atomic mass is 9.80. The van der Waals surface area contributed by atoms with Crippen molar-refractivity contribution in [2.24, 2.45) is 23.7 Å². The van der Waals surface area contributed by atoms with Crippen molar-refractivity contribution in [1.29, 1.82) is 0 Å². The van der Waals surface area contributed by atoms with E-state index in [9.17, 15) is 4.79 Å². The molecule has 0 aromatic carbocycles. The largest absolute Gasteiger partial charge is 0.460 e. The zero-order valence-electron chi connectivity index (χ0n) is 10.6. The first kappa shape index (κ1) is 12.0. The maximum Gasteiger partial charge on any atom is 0.330 e. The van der Waals surface area contributed by atoms with Crippen LogP contribution in [0.5, 0.6) is 0 Å². The van der Waals surface area contributed by atoms with Gasteiger partial charge in [0.25, 0.3) is 0 Å². The first-order chi connectivity index (χ1) is 8.79. The van der Waals surface area contributed by atoms with Crippen LogP contribution in [0.4, 0.5) is 0 Å². The van der Waals surface area contributed by atoms with Crippen molar-refractivity contribution in [2.75, 3.05) is 13.2 Å². The topological polar surface area (TPSA) is 35.5 Å². The Kier molecular flexibility index (Phi) is 3.25. The average molecular weight is 248 g/mol. The third-order valence-corrected chi connectivity index (χ3v) is 4.77. The van der Waals surface area contributed by atoms with Gasteiger partial charge in [0.2, 0.25) is 0 Å². The molecule has 0 saturated heterocycles. The van der Waals surface area contributed by atoms with Crippen molar-refractivity contribution in [3.8, 4) is 0 Å². The highest BCUT2D eigenvalue weighted by Crippen LogP contribution is 2.57. The zero-order valence-corrected chi connectivity index (χ0v) is 10.6. The molecule has 0 aliphatic heterocycles. The van der Waals surface area contributed by atoms with Crippen LogP contribution in [-0.2, 0) is 14.3 Å². The summed E-state index contributed by atoms with van der Waals surface area (Å²) in [5.74, 6) is 2.84. The maximum absolute atomic E-state index is 10.9. The lowest BCUT2D eigenvalue weighted by Crippen LogP contribution is -2.31. The van der Waals surface area contributed by atoms with E-state index in [2.05, 4.69) is 18.7 Å². The summed E-state index contributed by atoms with van der Waals surface area (Å²) in [5.41, 5.74) is 0. The summed E-state index contributed by atoms with van der Waals surface area (Å²) in [5, 5.41) is 0. The lowest BCUT2D eigenvalue weighted by Gasteiger charge is -2.31. The average Bonchev–Trinajstić information content (AvgIpc) is 3.05. The Morgan fingerprint density at radius 1 is 1.33 bits per heavy atom. The molecule has 2 saturated carbocycles. The molecule has 5 atom stereocenters. The van der Waals surface area contributed by atoms with Crippen molar-refractivity contribution < 1.29 is 14.3 Å². The molecule has 0 radical (unpaired) electrons. The Labute approximate surface area is 108 Å². The van der Waals surface area contributed by atoms with Gasteiger partial charge in [0, 0.05) is 6.08 Å². The van der Waals surface area contributed by atoms with E-state index in [0.29, 0.717) is 19.3 Å². The molecule has 0 N–H and O–H groups in total. The third kappa shape index (κ3) is 2.01. The van der Waals surface area contributed by atoms with Crippen LogP contribution < -0.4 is 0 Å². The number of ether oxygens (including phenoxy) is 2. The normalized spacial score (nSPS) is 39.9. The van der Waals surface area contributed by atoms with Gasteiger partial charge in [-0.15, -0.1) is 0 Å². The minimum absolute atomic E-state index is 0.338. The zero-order chi connectivity index (χ0) is 12.5. The van der Waals surface area contributed by atoms with Crippen molar-refractivity contribution in [2.45, 2.75) is 25.4 Å². The van der Waals surface area contributed by atoms with Crippen LogP contribution in [0.2, 0.25) is 0 Å². The van der Waals surface area contributed by atoms with Gasteiger partial charge >= 0.3 is 5.97 Å². The monoisotopic (exact) mass is 248 g/mol. The standard InChI is InChI=1S/C15H20O3/c1-2-15(16)18-7-6-17-14-9-10-8-13(14)12-5-3-4-11(10)12/h2-4,10-14H,1,5-9H2/t10-,11-,12-,13+,14-/m1/s1. The fraction of sp³-hybridized carbons (Fsp3) is 0.667. The molecule has 2 fully saturated rings. The van der Waals surface area contributed by atoms with Gasteiger partial charge in [-0.3, -0.25) is 0 Å². The Balaban J connectivity index is 1.43. The quantitative estimate of drug-likeness (QED) is 0.324. The molecule has 2 bridgehead atoms. The Hall–Kier alpha value is -1.09. The Morgan fingerprint density at radius 3 is 3.06 bits per heavy atom. The van der Waals surface area contributed by atoms with Gasteiger partial charge in [-0.1, -0.05) is 18.7 Å². The van der Waals surface area contributed by atoms with Crippen LogP contribution in [0.3, 0.4) is 0 Å². The van der Waals surface area contributed by atoms with Crippen LogP contribution >= 0.6 is 0 Å². The van der Waals surface area contributed by atoms with E-state index in [1.165, 1.54) is 25.3 Å². The Bertz CT molecular complexity index is 374. The predicted molar refractivity (Wildman–Crippen MR) is 67.8 cm³/mol. The number of rotatable bonds is 5. The van der Waals surface area contributed by atoms with E-state index >= 15 is 0 Å². The summed E-state index contributed by atoms with van der Waals surface area (Å²) in [6.45, 7) is 4.21. The highest BCUT2D eigenvalue weighted by atomic mass is 16.6. The summed E-state index contributed by atoms with van der Waals surface area (Å²) in [6.07, 6.45) is 10.1. The number of esters is 1. The fourth-order valence-corrected chi connectivity index (χ4v) is 4.09. The summed E-state index contributed by atoms with van der Waals surface area (Å²) in [7, 11) is 0. The van der Waals surface area contributed by atoms with Crippen LogP contribution in [0.1, 0.15) is 19.3 Å². The number of allylic oxidation sites excluding steroid dienone is 2. The van der Waals surface area contributed by atoms with Crippen LogP contribution in [-0.4, -0.2) is 25.3 Å². The number of fused-ring (bicyclic) bond motifs is 5. The molecule has 3 nitrogen and oxygen atoms in total. The molecule has 0 unspecified atom stereocenters. The second-order valence-corrected chi connectivity index (χ2v) is 5.58. The number of carbonyl (C=O) groups is 1. The molecular formula is C15H20O3. The second-order valence-electron chi connectivity index (χ2n) is 5.58. The van der Waals surface area contributed by atoms with Crippen LogP contribution in [0.25, 0.3) is 0 Å². The summed E-state index contributed by atoms with van der Waals surface area (Å²) < 4.78 is 10.8. The van der Waals surface area contributed by atoms with Crippen LogP contribution in [0, 0.1) is 23.7 Å². The molecule has 0 aromatic heterocycles. The molecule has 3 rings (SSSR count). The fourth-order valence-electron chi connectivity index (χ4n) is 4.09. The van der Waals surface area contributed by atoms with Gasteiger partial charge in [0.15, 0.2) is 0 Å². The maximum atomic E-state index is 10.9.